The highest BCUT2D eigenvalue weighted by atomic mass is 28.4. The Morgan fingerprint density at radius 1 is 1.18 bits per heavy atom. The quantitative estimate of drug-likeness (QED) is 0.282. The van der Waals surface area contributed by atoms with Crippen molar-refractivity contribution in [1.29, 1.82) is 0 Å². The molecule has 1 unspecified atom stereocenters. The van der Waals surface area contributed by atoms with Crippen LogP contribution in [0.2, 0.25) is 18.1 Å². The molecule has 3 aromatic rings. The summed E-state index contributed by atoms with van der Waals surface area (Å²) in [5.41, 5.74) is 2.32. The molecule has 1 aliphatic heterocycles. The van der Waals surface area contributed by atoms with Crippen molar-refractivity contribution in [1.82, 2.24) is 19.7 Å². The number of hydrogen-bond donors (Lipinski definition) is 1. The highest BCUT2D eigenvalue weighted by Crippen LogP contribution is 2.39. The Morgan fingerprint density at radius 3 is 2.67 bits per heavy atom. The molecule has 10 heteroatoms. The summed E-state index contributed by atoms with van der Waals surface area (Å²) >= 11 is 0. The lowest BCUT2D eigenvalue weighted by molar-refractivity contribution is -0.0365. The van der Waals surface area contributed by atoms with Gasteiger partial charge < -0.3 is 23.7 Å². The van der Waals surface area contributed by atoms with Gasteiger partial charge in [0.2, 0.25) is 14.2 Å². The number of rotatable bonds is 11. The van der Waals surface area contributed by atoms with E-state index in [0.29, 0.717) is 31.2 Å². The van der Waals surface area contributed by atoms with E-state index in [2.05, 4.69) is 51.0 Å². The molecule has 1 fully saturated rings. The van der Waals surface area contributed by atoms with Crippen LogP contribution in [0.5, 0.6) is 11.6 Å². The first-order valence-electron chi connectivity index (χ1n) is 14.0. The Hall–Kier alpha value is -2.53. The second-order valence-electron chi connectivity index (χ2n) is 12.0. The summed E-state index contributed by atoms with van der Waals surface area (Å²) in [6, 6.07) is 6.19. The van der Waals surface area contributed by atoms with Gasteiger partial charge in [-0.2, -0.15) is 5.10 Å². The summed E-state index contributed by atoms with van der Waals surface area (Å²) in [5, 5.41) is 15.5. The Kier molecular flexibility index (Phi) is 9.31. The predicted molar refractivity (Wildman–Crippen MR) is 155 cm³/mol. The fraction of sp³-hybridized carbons (Fsp3) is 0.621. The molecule has 0 saturated carbocycles. The normalized spacial score (nSPS) is 18.2. The Morgan fingerprint density at radius 2 is 1.97 bits per heavy atom. The van der Waals surface area contributed by atoms with Crippen molar-refractivity contribution in [2.24, 2.45) is 0 Å². The minimum atomic E-state index is -2.03. The zero-order valence-electron chi connectivity index (χ0n) is 24.4. The molecular weight excluding hydrogens is 512 g/mol. The van der Waals surface area contributed by atoms with E-state index in [4.69, 9.17) is 28.7 Å². The van der Waals surface area contributed by atoms with E-state index in [9.17, 15) is 5.11 Å². The summed E-state index contributed by atoms with van der Waals surface area (Å²) in [6.07, 6.45) is 6.34. The van der Waals surface area contributed by atoms with Crippen molar-refractivity contribution in [3.05, 3.63) is 30.6 Å². The minimum absolute atomic E-state index is 0.0826. The van der Waals surface area contributed by atoms with Crippen molar-refractivity contribution >= 4 is 19.2 Å². The van der Waals surface area contributed by atoms with E-state index in [1.54, 1.807) is 19.3 Å². The molecule has 0 spiro atoms. The van der Waals surface area contributed by atoms with Crippen molar-refractivity contribution in [3.63, 3.8) is 0 Å². The fourth-order valence-electron chi connectivity index (χ4n) is 4.18. The average Bonchev–Trinajstić information content (AvgIpc) is 3.26. The van der Waals surface area contributed by atoms with Gasteiger partial charge in [0.25, 0.3) is 0 Å². The van der Waals surface area contributed by atoms with Gasteiger partial charge in [-0.1, -0.05) is 20.8 Å². The Labute approximate surface area is 233 Å². The Balaban J connectivity index is 1.63. The van der Waals surface area contributed by atoms with E-state index >= 15 is 0 Å². The van der Waals surface area contributed by atoms with Crippen LogP contribution in [-0.2, 0) is 9.47 Å². The van der Waals surface area contributed by atoms with Gasteiger partial charge in [-0.05, 0) is 75.9 Å². The van der Waals surface area contributed by atoms with E-state index in [0.717, 1.165) is 48.2 Å². The van der Waals surface area contributed by atoms with Gasteiger partial charge in [-0.15, -0.1) is 0 Å². The maximum absolute atomic E-state index is 9.43. The second kappa shape index (κ2) is 12.3. The first-order valence-corrected chi connectivity index (χ1v) is 16.9. The molecule has 1 N–H and O–H groups in total. The van der Waals surface area contributed by atoms with Crippen molar-refractivity contribution in [2.75, 3.05) is 19.8 Å². The van der Waals surface area contributed by atoms with E-state index in [-0.39, 0.29) is 23.5 Å². The third kappa shape index (κ3) is 7.36. The van der Waals surface area contributed by atoms with Crippen molar-refractivity contribution in [2.45, 2.75) is 96.9 Å². The van der Waals surface area contributed by atoms with Crippen molar-refractivity contribution < 1.29 is 23.7 Å². The number of aliphatic hydroxyl groups excluding tert-OH is 1. The molecule has 3 heterocycles. The molecule has 0 radical (unpaired) electrons. The molecule has 0 bridgehead atoms. The van der Waals surface area contributed by atoms with Crippen LogP contribution in [0.15, 0.2) is 30.6 Å². The van der Waals surface area contributed by atoms with E-state index in [1.165, 1.54) is 0 Å². The summed E-state index contributed by atoms with van der Waals surface area (Å²) < 4.78 is 26.3. The van der Waals surface area contributed by atoms with Crippen LogP contribution in [0.25, 0.3) is 22.3 Å². The third-order valence-electron chi connectivity index (χ3n) is 7.54. The average molecular weight is 557 g/mol. The number of aromatic nitrogens is 4. The summed E-state index contributed by atoms with van der Waals surface area (Å²) in [7, 11) is -2.03. The maximum atomic E-state index is 9.43. The molecule has 9 nitrogen and oxygen atoms in total. The third-order valence-corrected chi connectivity index (χ3v) is 11.9. The molecule has 3 atom stereocenters. The topological polar surface area (TPSA) is 101 Å². The van der Waals surface area contributed by atoms with Gasteiger partial charge in [0.15, 0.2) is 6.23 Å². The Bertz CT molecular complexity index is 1230. The predicted octanol–water partition coefficient (Wildman–Crippen LogP) is 6.13. The molecule has 0 amide bonds. The van der Waals surface area contributed by atoms with Gasteiger partial charge in [-0.25, -0.2) is 9.67 Å². The summed E-state index contributed by atoms with van der Waals surface area (Å²) in [4.78, 5) is 9.15. The molecule has 1 saturated heterocycles. The van der Waals surface area contributed by atoms with Crippen LogP contribution in [0, 0.1) is 0 Å². The second-order valence-corrected chi connectivity index (χ2v) is 16.8. The van der Waals surface area contributed by atoms with Crippen LogP contribution in [0.1, 0.15) is 66.5 Å². The number of benzene rings is 1. The zero-order chi connectivity index (χ0) is 28.2. The van der Waals surface area contributed by atoms with Crippen molar-refractivity contribution in [3.8, 4) is 23.0 Å². The lowest BCUT2D eigenvalue weighted by Gasteiger charge is -2.36. The van der Waals surface area contributed by atoms with E-state index in [1.807, 2.05) is 17.7 Å². The molecule has 2 aromatic heterocycles. The maximum Gasteiger partial charge on any atom is 0.250 e. The summed E-state index contributed by atoms with van der Waals surface area (Å²) in [6.45, 7) is 16.4. The molecule has 0 aliphatic carbocycles. The standard InChI is InChI=1S/C29H44N4O5Si/c1-20(34)13-15-35-21(2)19-37-26-18-30-17-24(31-26)28-23-16-22(38-39(6,7)29(3,4)5)11-12-25(23)33(32-28)27-10-8-9-14-36-27/h11-12,16-18,20-21,27,34H,8-10,13-15,19H2,1-7H3/t20-,21+,27?/m1/s1. The fourth-order valence-corrected chi connectivity index (χ4v) is 5.20. The zero-order valence-corrected chi connectivity index (χ0v) is 25.4. The van der Waals surface area contributed by atoms with Gasteiger partial charge in [0.1, 0.15) is 23.7 Å². The monoisotopic (exact) mass is 556 g/mol. The molecule has 1 aromatic carbocycles. The first kappa shape index (κ1) is 29.4. The molecular formula is C29H44N4O5Si. The first-order chi connectivity index (χ1) is 18.4. The highest BCUT2D eigenvalue weighted by Gasteiger charge is 2.39. The van der Waals surface area contributed by atoms with Crippen LogP contribution in [0.3, 0.4) is 0 Å². The SMILES string of the molecule is C[C@@H](O)CCO[C@@H](C)COc1cncc(-c2nn(C3CCCCO3)c3ccc(O[Si](C)(C)C(C)(C)C)cc23)n1. The smallest absolute Gasteiger partial charge is 0.250 e. The molecule has 214 valence electrons. The van der Waals surface area contributed by atoms with Gasteiger partial charge in [-0.3, -0.25) is 4.98 Å². The number of aliphatic hydroxyl groups is 1. The number of ether oxygens (including phenoxy) is 3. The number of hydrogen-bond acceptors (Lipinski definition) is 8. The highest BCUT2D eigenvalue weighted by molar-refractivity contribution is 6.74. The summed E-state index contributed by atoms with van der Waals surface area (Å²) in [5.74, 6) is 1.24. The van der Waals surface area contributed by atoms with Gasteiger partial charge in [0.05, 0.1) is 30.1 Å². The lowest BCUT2D eigenvalue weighted by Crippen LogP contribution is -2.43. The largest absolute Gasteiger partial charge is 0.543 e. The van der Waals surface area contributed by atoms with Crippen LogP contribution < -0.4 is 9.16 Å². The van der Waals surface area contributed by atoms with Crippen LogP contribution in [0.4, 0.5) is 0 Å². The lowest BCUT2D eigenvalue weighted by atomic mass is 10.1. The van der Waals surface area contributed by atoms with Gasteiger partial charge in [0, 0.05) is 18.6 Å². The van der Waals surface area contributed by atoms with Gasteiger partial charge >= 0.3 is 0 Å². The minimum Gasteiger partial charge on any atom is -0.543 e. The molecule has 39 heavy (non-hydrogen) atoms. The van der Waals surface area contributed by atoms with Crippen LogP contribution in [-0.4, -0.2) is 65.2 Å². The van der Waals surface area contributed by atoms with Crippen LogP contribution >= 0.6 is 0 Å². The number of fused-ring (bicyclic) bond motifs is 1. The number of nitrogens with zero attached hydrogens (tertiary/aromatic N) is 4. The molecule has 1 aliphatic rings. The van der Waals surface area contributed by atoms with E-state index < -0.39 is 8.32 Å². The molecule has 4 rings (SSSR count).